The first-order valence-corrected chi connectivity index (χ1v) is 9.41. The van der Waals surface area contributed by atoms with Crippen molar-refractivity contribution >= 4 is 5.91 Å². The summed E-state index contributed by atoms with van der Waals surface area (Å²) in [6.45, 7) is 10.5. The highest BCUT2D eigenvalue weighted by atomic mass is 16.3. The van der Waals surface area contributed by atoms with Crippen molar-refractivity contribution < 1.29 is 9.90 Å². The zero-order valence-electron chi connectivity index (χ0n) is 16.5. The number of fused-ring (bicyclic) bond motifs is 1. The largest absolute Gasteiger partial charge is 0.394 e. The van der Waals surface area contributed by atoms with E-state index in [-0.39, 0.29) is 12.0 Å². The number of nitrogens with zero attached hydrogens (tertiary/aromatic N) is 2. The molecule has 0 bridgehead atoms. The zero-order chi connectivity index (χ0) is 19.3. The molecule has 1 aromatic heterocycles. The first-order valence-electron chi connectivity index (χ1n) is 9.41. The number of carbonyl (C=O) groups is 1. The molecule has 4 nitrogen and oxygen atoms in total. The van der Waals surface area contributed by atoms with E-state index in [1.54, 1.807) is 20.0 Å². The molecule has 3 rings (SSSR count). The molecule has 1 aliphatic heterocycles. The molecule has 1 N–H and O–H groups in total. The van der Waals surface area contributed by atoms with Crippen LogP contribution in [0.5, 0.6) is 0 Å². The van der Waals surface area contributed by atoms with Gasteiger partial charge in [0.05, 0.1) is 0 Å². The summed E-state index contributed by atoms with van der Waals surface area (Å²) < 4.78 is 0. The van der Waals surface area contributed by atoms with Crippen molar-refractivity contribution in [3.8, 4) is 11.1 Å². The number of rotatable bonds is 4. The van der Waals surface area contributed by atoms with Gasteiger partial charge in [0.2, 0.25) is 0 Å². The Morgan fingerprint density at radius 3 is 2.38 bits per heavy atom. The maximum Gasteiger partial charge on any atom is 0.255 e. The summed E-state index contributed by atoms with van der Waals surface area (Å²) in [5.74, 6) is 0.193. The minimum atomic E-state index is -0.167. The fraction of sp³-hybridized carbons (Fsp3) is 0.455. The molecule has 2 heterocycles. The molecular weight excluding hydrogens is 324 g/mol. The summed E-state index contributed by atoms with van der Waals surface area (Å²) in [6.07, 6.45) is 5.49. The Hall–Kier alpha value is -2.20. The zero-order valence-corrected chi connectivity index (χ0v) is 16.5. The molecule has 0 unspecified atom stereocenters. The Kier molecular flexibility index (Phi) is 6.92. The van der Waals surface area contributed by atoms with Gasteiger partial charge in [-0.15, -0.1) is 0 Å². The van der Waals surface area contributed by atoms with Gasteiger partial charge < -0.3 is 10.0 Å². The number of amides is 1. The van der Waals surface area contributed by atoms with Crippen LogP contribution in [0, 0.1) is 6.92 Å². The number of hydrogen-bond acceptors (Lipinski definition) is 3. The van der Waals surface area contributed by atoms with Crippen LogP contribution in [0.3, 0.4) is 0 Å². The van der Waals surface area contributed by atoms with Crippen LogP contribution in [0.1, 0.15) is 62.0 Å². The topological polar surface area (TPSA) is 53.4 Å². The molecule has 4 heteroatoms. The standard InChI is InChI=1S/C19H22N2O.C3H8O/c1-4-17(5-2)21-12-16-10-15(14-7-6-8-20-11-14)9-13(3)18(16)19(21)22;1-3(2)4/h6-11,17H,4-5,12H2,1-3H3;3-4H,1-2H3. The highest BCUT2D eigenvalue weighted by molar-refractivity contribution is 6.00. The van der Waals surface area contributed by atoms with Gasteiger partial charge in [-0.2, -0.15) is 0 Å². The van der Waals surface area contributed by atoms with Gasteiger partial charge in [-0.25, -0.2) is 0 Å². The molecule has 1 amide bonds. The van der Waals surface area contributed by atoms with E-state index in [4.69, 9.17) is 5.11 Å². The van der Waals surface area contributed by atoms with Crippen LogP contribution in [0.2, 0.25) is 0 Å². The number of benzene rings is 1. The lowest BCUT2D eigenvalue weighted by molar-refractivity contribution is 0.0692. The molecule has 140 valence electrons. The molecule has 0 atom stereocenters. The van der Waals surface area contributed by atoms with Crippen molar-refractivity contribution in [1.82, 2.24) is 9.88 Å². The molecule has 0 saturated carbocycles. The second-order valence-corrected chi connectivity index (χ2v) is 7.07. The van der Waals surface area contributed by atoms with Crippen LogP contribution >= 0.6 is 0 Å². The van der Waals surface area contributed by atoms with E-state index >= 15 is 0 Å². The Labute approximate surface area is 156 Å². The third-order valence-electron chi connectivity index (χ3n) is 4.61. The lowest BCUT2D eigenvalue weighted by atomic mass is 9.97. The number of aromatic nitrogens is 1. The van der Waals surface area contributed by atoms with Crippen molar-refractivity contribution in [2.75, 3.05) is 0 Å². The second-order valence-electron chi connectivity index (χ2n) is 7.07. The maximum absolute atomic E-state index is 12.7. The van der Waals surface area contributed by atoms with Crippen molar-refractivity contribution in [1.29, 1.82) is 0 Å². The van der Waals surface area contributed by atoms with E-state index < -0.39 is 0 Å². The van der Waals surface area contributed by atoms with Crippen molar-refractivity contribution in [3.63, 3.8) is 0 Å². The Balaban J connectivity index is 0.000000552. The fourth-order valence-corrected chi connectivity index (χ4v) is 3.41. The van der Waals surface area contributed by atoms with Crippen molar-refractivity contribution in [3.05, 3.63) is 53.3 Å². The van der Waals surface area contributed by atoms with Crippen molar-refractivity contribution in [2.45, 2.75) is 66.2 Å². The predicted octanol–water partition coefficient (Wildman–Crippen LogP) is 4.59. The van der Waals surface area contributed by atoms with Crippen LogP contribution < -0.4 is 0 Å². The number of aryl methyl sites for hydroxylation is 1. The third-order valence-corrected chi connectivity index (χ3v) is 4.61. The second kappa shape index (κ2) is 8.95. The number of carbonyl (C=O) groups excluding carboxylic acids is 1. The van der Waals surface area contributed by atoms with Gasteiger partial charge in [-0.05, 0) is 62.4 Å². The van der Waals surface area contributed by atoms with Gasteiger partial charge >= 0.3 is 0 Å². The summed E-state index contributed by atoms with van der Waals surface area (Å²) >= 11 is 0. The Morgan fingerprint density at radius 2 is 1.85 bits per heavy atom. The SMILES string of the molecule is CC(C)O.CCC(CC)N1Cc2cc(-c3cccnc3)cc(C)c2C1=O. The van der Waals surface area contributed by atoms with E-state index in [0.717, 1.165) is 47.2 Å². The minimum Gasteiger partial charge on any atom is -0.394 e. The summed E-state index contributed by atoms with van der Waals surface area (Å²) in [7, 11) is 0. The first-order chi connectivity index (χ1) is 12.4. The van der Waals surface area contributed by atoms with Crippen molar-refractivity contribution in [2.24, 2.45) is 0 Å². The van der Waals surface area contributed by atoms with E-state index in [9.17, 15) is 4.79 Å². The number of hydrogen-bond donors (Lipinski definition) is 1. The molecule has 1 aliphatic rings. The van der Waals surface area contributed by atoms with E-state index in [2.05, 4.69) is 37.0 Å². The summed E-state index contributed by atoms with van der Waals surface area (Å²) in [5.41, 5.74) is 5.36. The molecule has 2 aromatic rings. The van der Waals surface area contributed by atoms with Gasteiger partial charge in [0.25, 0.3) is 5.91 Å². The van der Waals surface area contributed by atoms with Crippen LogP contribution in [-0.4, -0.2) is 33.0 Å². The van der Waals surface area contributed by atoms with E-state index in [0.29, 0.717) is 6.04 Å². The summed E-state index contributed by atoms with van der Waals surface area (Å²) in [4.78, 5) is 19.0. The van der Waals surface area contributed by atoms with Gasteiger partial charge in [0, 0.05) is 42.2 Å². The Bertz CT molecular complexity index is 735. The molecule has 0 spiro atoms. The highest BCUT2D eigenvalue weighted by Gasteiger charge is 2.32. The van der Waals surface area contributed by atoms with Gasteiger partial charge in [0.1, 0.15) is 0 Å². The molecule has 0 saturated heterocycles. The smallest absolute Gasteiger partial charge is 0.255 e. The molecule has 0 fully saturated rings. The summed E-state index contributed by atoms with van der Waals surface area (Å²) in [5, 5.41) is 8.06. The first kappa shape index (κ1) is 20.1. The molecule has 26 heavy (non-hydrogen) atoms. The lowest BCUT2D eigenvalue weighted by Crippen LogP contribution is -2.34. The number of aliphatic hydroxyl groups excluding tert-OH is 1. The van der Waals surface area contributed by atoms with Crippen LogP contribution in [-0.2, 0) is 6.54 Å². The van der Waals surface area contributed by atoms with Gasteiger partial charge in [-0.3, -0.25) is 9.78 Å². The molecular formula is C22H30N2O2. The van der Waals surface area contributed by atoms with Gasteiger partial charge in [0.15, 0.2) is 0 Å². The monoisotopic (exact) mass is 354 g/mol. The van der Waals surface area contributed by atoms with Crippen LogP contribution in [0.4, 0.5) is 0 Å². The lowest BCUT2D eigenvalue weighted by Gasteiger charge is -2.25. The molecule has 1 aromatic carbocycles. The molecule has 0 radical (unpaired) electrons. The predicted molar refractivity (Wildman–Crippen MR) is 106 cm³/mol. The normalized spacial score (nSPS) is 13.1. The maximum atomic E-state index is 12.7. The van der Waals surface area contributed by atoms with E-state index in [1.807, 2.05) is 24.1 Å². The number of pyridine rings is 1. The highest BCUT2D eigenvalue weighted by Crippen LogP contribution is 2.33. The van der Waals surface area contributed by atoms with E-state index in [1.165, 1.54) is 0 Å². The Morgan fingerprint density at radius 1 is 1.19 bits per heavy atom. The molecule has 0 aliphatic carbocycles. The fourth-order valence-electron chi connectivity index (χ4n) is 3.41. The average Bonchev–Trinajstić information content (AvgIpc) is 2.93. The third kappa shape index (κ3) is 4.50. The minimum absolute atomic E-state index is 0.167. The van der Waals surface area contributed by atoms with Crippen LogP contribution in [0.25, 0.3) is 11.1 Å². The van der Waals surface area contributed by atoms with Gasteiger partial charge in [-0.1, -0.05) is 26.0 Å². The average molecular weight is 354 g/mol. The number of aliphatic hydroxyl groups is 1. The summed E-state index contributed by atoms with van der Waals surface area (Å²) in [6, 6.07) is 8.59. The van der Waals surface area contributed by atoms with Crippen LogP contribution in [0.15, 0.2) is 36.7 Å². The quantitative estimate of drug-likeness (QED) is 0.874.